The van der Waals surface area contributed by atoms with E-state index in [9.17, 15) is 13.2 Å². The summed E-state index contributed by atoms with van der Waals surface area (Å²) >= 11 is 0. The number of carbonyl (C=O) groups excluding carboxylic acids is 1. The van der Waals surface area contributed by atoms with Crippen LogP contribution in [0.2, 0.25) is 0 Å². The van der Waals surface area contributed by atoms with E-state index in [4.69, 9.17) is 4.42 Å². The smallest absolute Gasteiger partial charge is 0.291 e. The molecule has 0 unspecified atom stereocenters. The Kier molecular flexibility index (Phi) is 4.15. The summed E-state index contributed by atoms with van der Waals surface area (Å²) in [5.41, 5.74) is 1.10. The van der Waals surface area contributed by atoms with E-state index in [0.717, 1.165) is 4.31 Å². The van der Waals surface area contributed by atoms with Gasteiger partial charge in [0.1, 0.15) is 0 Å². The number of rotatable bonds is 4. The summed E-state index contributed by atoms with van der Waals surface area (Å²) in [5.74, 6) is -0.215. The van der Waals surface area contributed by atoms with E-state index in [2.05, 4.69) is 5.32 Å². The highest BCUT2D eigenvalue weighted by Gasteiger charge is 2.18. The summed E-state index contributed by atoms with van der Waals surface area (Å²) in [4.78, 5) is 12.1. The van der Waals surface area contributed by atoms with Gasteiger partial charge in [-0.2, -0.15) is 0 Å². The lowest BCUT2D eigenvalue weighted by Gasteiger charge is -2.12. The van der Waals surface area contributed by atoms with Crippen LogP contribution in [0, 0.1) is 6.92 Å². The Morgan fingerprint density at radius 2 is 1.95 bits per heavy atom. The molecule has 0 bridgehead atoms. The molecule has 2 rings (SSSR count). The number of furan rings is 1. The average molecular weight is 308 g/mol. The Morgan fingerprint density at radius 1 is 1.24 bits per heavy atom. The zero-order chi connectivity index (χ0) is 15.6. The average Bonchev–Trinajstić information content (AvgIpc) is 2.85. The predicted molar refractivity (Wildman–Crippen MR) is 78.7 cm³/mol. The minimum absolute atomic E-state index is 0.112. The number of nitrogens with zero attached hydrogens (tertiary/aromatic N) is 1. The van der Waals surface area contributed by atoms with Crippen molar-refractivity contribution < 1.29 is 17.6 Å². The van der Waals surface area contributed by atoms with Crippen LogP contribution in [0.5, 0.6) is 0 Å². The maximum atomic E-state index is 12.0. The molecule has 0 aliphatic rings. The molecule has 21 heavy (non-hydrogen) atoms. The number of aryl methyl sites for hydroxylation is 1. The molecular weight excluding hydrogens is 292 g/mol. The third kappa shape index (κ3) is 3.14. The largest absolute Gasteiger partial charge is 0.459 e. The molecule has 0 radical (unpaired) electrons. The Labute approximate surface area is 123 Å². The molecule has 0 atom stereocenters. The Morgan fingerprint density at radius 3 is 2.52 bits per heavy atom. The van der Waals surface area contributed by atoms with Crippen molar-refractivity contribution in [3.63, 3.8) is 0 Å². The normalized spacial score (nSPS) is 11.6. The van der Waals surface area contributed by atoms with Gasteiger partial charge in [-0.1, -0.05) is 6.07 Å². The summed E-state index contributed by atoms with van der Waals surface area (Å²) < 4.78 is 30.3. The van der Waals surface area contributed by atoms with Crippen LogP contribution in [0.4, 0.5) is 5.69 Å². The zero-order valence-corrected chi connectivity index (χ0v) is 12.8. The van der Waals surface area contributed by atoms with E-state index in [0.29, 0.717) is 11.3 Å². The summed E-state index contributed by atoms with van der Waals surface area (Å²) in [6, 6.07) is 7.75. The SMILES string of the molecule is Cc1ccoc1C(=O)Nc1cccc(S(=O)(=O)N(C)C)c1. The van der Waals surface area contributed by atoms with Crippen LogP contribution in [-0.4, -0.2) is 32.7 Å². The van der Waals surface area contributed by atoms with Gasteiger partial charge < -0.3 is 9.73 Å². The van der Waals surface area contributed by atoms with Crippen molar-refractivity contribution in [3.05, 3.63) is 47.9 Å². The molecule has 1 N–H and O–H groups in total. The van der Waals surface area contributed by atoms with Crippen molar-refractivity contribution in [3.8, 4) is 0 Å². The first kappa shape index (κ1) is 15.3. The standard InChI is InChI=1S/C14H16N2O4S/c1-10-7-8-20-13(10)14(17)15-11-5-4-6-12(9-11)21(18,19)16(2)3/h4-9H,1-3H3,(H,15,17). The molecule has 112 valence electrons. The summed E-state index contributed by atoms with van der Waals surface area (Å²) in [6.07, 6.45) is 1.43. The van der Waals surface area contributed by atoms with Gasteiger partial charge in [-0.15, -0.1) is 0 Å². The molecule has 1 aromatic heterocycles. The molecule has 0 aliphatic carbocycles. The van der Waals surface area contributed by atoms with Crippen molar-refractivity contribution in [2.45, 2.75) is 11.8 Å². The van der Waals surface area contributed by atoms with Gasteiger partial charge in [0.25, 0.3) is 5.91 Å². The van der Waals surface area contributed by atoms with E-state index in [1.807, 2.05) is 0 Å². The molecule has 7 heteroatoms. The van der Waals surface area contributed by atoms with Gasteiger partial charge in [0.15, 0.2) is 5.76 Å². The second kappa shape index (κ2) is 5.71. The quantitative estimate of drug-likeness (QED) is 0.938. The molecule has 6 nitrogen and oxygen atoms in total. The summed E-state index contributed by atoms with van der Waals surface area (Å²) in [7, 11) is -0.636. The highest BCUT2D eigenvalue weighted by atomic mass is 32.2. The summed E-state index contributed by atoms with van der Waals surface area (Å²) in [5, 5.41) is 2.62. The second-order valence-corrected chi connectivity index (χ2v) is 6.85. The molecule has 0 saturated carbocycles. The zero-order valence-electron chi connectivity index (χ0n) is 12.0. The van der Waals surface area contributed by atoms with Crippen molar-refractivity contribution in [1.29, 1.82) is 0 Å². The molecule has 1 aromatic carbocycles. The number of carbonyl (C=O) groups is 1. The Bertz CT molecular complexity index is 763. The highest BCUT2D eigenvalue weighted by molar-refractivity contribution is 7.89. The number of hydrogen-bond acceptors (Lipinski definition) is 4. The topological polar surface area (TPSA) is 79.6 Å². The molecular formula is C14H16N2O4S. The number of nitrogens with one attached hydrogen (secondary N) is 1. The molecule has 0 spiro atoms. The third-order valence-corrected chi connectivity index (χ3v) is 4.75. The van der Waals surface area contributed by atoms with E-state index < -0.39 is 15.9 Å². The van der Waals surface area contributed by atoms with Crippen LogP contribution in [0.25, 0.3) is 0 Å². The van der Waals surface area contributed by atoms with Crippen molar-refractivity contribution in [2.24, 2.45) is 0 Å². The van der Waals surface area contributed by atoms with Crippen molar-refractivity contribution in [1.82, 2.24) is 4.31 Å². The van der Waals surface area contributed by atoms with E-state index in [1.165, 1.54) is 32.5 Å². The number of hydrogen-bond donors (Lipinski definition) is 1. The van der Waals surface area contributed by atoms with Crippen LogP contribution in [0.3, 0.4) is 0 Å². The first-order chi connectivity index (χ1) is 9.82. The number of anilines is 1. The van der Waals surface area contributed by atoms with Gasteiger partial charge in [-0.25, -0.2) is 12.7 Å². The molecule has 0 aliphatic heterocycles. The molecule has 0 fully saturated rings. The summed E-state index contributed by atoms with van der Waals surface area (Å²) in [6.45, 7) is 1.76. The van der Waals surface area contributed by atoms with Crippen LogP contribution in [0.1, 0.15) is 16.1 Å². The molecule has 1 heterocycles. The van der Waals surface area contributed by atoms with Crippen LogP contribution in [0.15, 0.2) is 45.9 Å². The fraction of sp³-hybridized carbons (Fsp3) is 0.214. The van der Waals surface area contributed by atoms with Crippen molar-refractivity contribution >= 4 is 21.6 Å². The highest BCUT2D eigenvalue weighted by Crippen LogP contribution is 2.19. The monoisotopic (exact) mass is 308 g/mol. The fourth-order valence-electron chi connectivity index (χ4n) is 1.74. The van der Waals surface area contributed by atoms with Crippen molar-refractivity contribution in [2.75, 3.05) is 19.4 Å². The molecule has 1 amide bonds. The van der Waals surface area contributed by atoms with Gasteiger partial charge in [-0.05, 0) is 31.2 Å². The second-order valence-electron chi connectivity index (χ2n) is 4.70. The lowest BCUT2D eigenvalue weighted by Crippen LogP contribution is -2.22. The predicted octanol–water partition coefficient (Wildman–Crippen LogP) is 2.09. The van der Waals surface area contributed by atoms with Gasteiger partial charge in [0.2, 0.25) is 10.0 Å². The minimum Gasteiger partial charge on any atom is -0.459 e. The van der Waals surface area contributed by atoms with Gasteiger partial charge in [0.05, 0.1) is 11.2 Å². The van der Waals surface area contributed by atoms with E-state index >= 15 is 0 Å². The Hall–Kier alpha value is -2.12. The molecule has 0 saturated heterocycles. The minimum atomic E-state index is -3.54. The van der Waals surface area contributed by atoms with E-state index in [-0.39, 0.29) is 10.7 Å². The van der Waals surface area contributed by atoms with Crippen LogP contribution in [-0.2, 0) is 10.0 Å². The van der Waals surface area contributed by atoms with E-state index in [1.54, 1.807) is 25.1 Å². The Balaban J connectivity index is 2.27. The number of amides is 1. The first-order valence-electron chi connectivity index (χ1n) is 6.20. The van der Waals surface area contributed by atoms with Gasteiger partial charge in [-0.3, -0.25) is 4.79 Å². The lowest BCUT2D eigenvalue weighted by molar-refractivity contribution is 0.0996. The maximum Gasteiger partial charge on any atom is 0.291 e. The molecule has 2 aromatic rings. The van der Waals surface area contributed by atoms with Gasteiger partial charge in [0, 0.05) is 25.3 Å². The fourth-order valence-corrected chi connectivity index (χ4v) is 2.69. The maximum absolute atomic E-state index is 12.0. The third-order valence-electron chi connectivity index (χ3n) is 2.94. The lowest BCUT2D eigenvalue weighted by atomic mass is 10.2. The van der Waals surface area contributed by atoms with Gasteiger partial charge >= 0.3 is 0 Å². The van der Waals surface area contributed by atoms with Crippen LogP contribution < -0.4 is 5.32 Å². The number of sulfonamides is 1. The van der Waals surface area contributed by atoms with Crippen LogP contribution >= 0.6 is 0 Å². The number of benzene rings is 1. The first-order valence-corrected chi connectivity index (χ1v) is 7.64.